The van der Waals surface area contributed by atoms with Gasteiger partial charge in [0.2, 0.25) is 16.0 Å². The number of hydrogen-bond acceptors (Lipinski definition) is 9. The van der Waals surface area contributed by atoms with E-state index in [2.05, 4.69) is 56.4 Å². The summed E-state index contributed by atoms with van der Waals surface area (Å²) in [4.78, 5) is 11.0. The lowest BCUT2D eigenvalue weighted by atomic mass is 9.84. The quantitative estimate of drug-likeness (QED) is 0.354. The fourth-order valence-corrected chi connectivity index (χ4v) is 7.25. The Kier molecular flexibility index (Phi) is 8.69. The fourth-order valence-electron chi connectivity index (χ4n) is 5.73. The first-order chi connectivity index (χ1) is 19.2. The molecule has 3 aromatic rings. The molecule has 0 bridgehead atoms. The van der Waals surface area contributed by atoms with Crippen LogP contribution in [0.5, 0.6) is 0 Å². The van der Waals surface area contributed by atoms with Gasteiger partial charge < -0.3 is 15.8 Å². The summed E-state index contributed by atoms with van der Waals surface area (Å²) in [5.74, 6) is 1.97. The lowest BCUT2D eigenvalue weighted by molar-refractivity contribution is 0.0380. The number of nitrogens with zero attached hydrogens (tertiary/aromatic N) is 5. The summed E-state index contributed by atoms with van der Waals surface area (Å²) in [7, 11) is -3.25. The molecule has 2 aliphatic rings. The van der Waals surface area contributed by atoms with E-state index in [4.69, 9.17) is 10.5 Å². The average Bonchev–Trinajstić information content (AvgIpc) is 3.35. The van der Waals surface area contributed by atoms with Crippen LogP contribution in [-0.4, -0.2) is 89.5 Å². The van der Waals surface area contributed by atoms with Crippen molar-refractivity contribution in [2.75, 3.05) is 62.7 Å². The third-order valence-corrected chi connectivity index (χ3v) is 9.89. The zero-order valence-electron chi connectivity index (χ0n) is 23.6. The highest BCUT2D eigenvalue weighted by atomic mass is 32.2. The first-order valence-corrected chi connectivity index (χ1v) is 15.6. The minimum absolute atomic E-state index is 0.187. The zero-order chi connectivity index (χ0) is 28.3. The van der Waals surface area contributed by atoms with Gasteiger partial charge in [-0.3, -0.25) is 10.00 Å². The molecule has 2 saturated heterocycles. The fraction of sp³-hybridized carbons (Fsp3) is 0.536. The maximum Gasteiger partial charge on any atom is 0.221 e. The normalized spacial score (nSPS) is 17.8. The van der Waals surface area contributed by atoms with Gasteiger partial charge in [-0.25, -0.2) is 17.7 Å². The van der Waals surface area contributed by atoms with Crippen molar-refractivity contribution in [2.45, 2.75) is 46.0 Å². The number of benzene rings is 1. The summed E-state index contributed by atoms with van der Waals surface area (Å²) in [5.41, 5.74) is 12.3. The summed E-state index contributed by atoms with van der Waals surface area (Å²) in [6.07, 6.45) is 4.04. The molecule has 4 N–H and O–H groups in total. The van der Waals surface area contributed by atoms with Crippen molar-refractivity contribution in [1.82, 2.24) is 29.4 Å². The van der Waals surface area contributed by atoms with Crippen LogP contribution in [-0.2, 0) is 14.8 Å². The molecular weight excluding hydrogens is 528 g/mol. The molecule has 0 atom stereocenters. The molecular formula is C28H40N8O3S. The monoisotopic (exact) mass is 568 g/mol. The average molecular weight is 569 g/mol. The van der Waals surface area contributed by atoms with Gasteiger partial charge in [-0.2, -0.15) is 10.1 Å². The number of nitrogen functional groups attached to an aromatic ring is 1. The smallest absolute Gasteiger partial charge is 0.221 e. The number of nitrogens with two attached hydrogens (primary N) is 1. The molecule has 0 unspecified atom stereocenters. The molecule has 216 valence electrons. The minimum Gasteiger partial charge on any atom is -0.379 e. The number of nitrogens with one attached hydrogen (secondary N) is 2. The van der Waals surface area contributed by atoms with Crippen LogP contribution in [0.15, 0.2) is 24.4 Å². The number of piperidine rings is 1. The maximum absolute atomic E-state index is 13.0. The van der Waals surface area contributed by atoms with Crippen molar-refractivity contribution in [1.29, 1.82) is 0 Å². The SMILES string of the molecule is Cc1cc(Nc2nc(N)ncc2-c2cc(C)c(C3CCN(S(=O)(=O)CCCN4CCOCC4)CC3)cc2C)n[nH]1. The summed E-state index contributed by atoms with van der Waals surface area (Å²) >= 11 is 0. The minimum atomic E-state index is -3.25. The molecule has 2 aromatic heterocycles. The number of morpholine rings is 1. The van der Waals surface area contributed by atoms with E-state index in [-0.39, 0.29) is 11.7 Å². The highest BCUT2D eigenvalue weighted by Gasteiger charge is 2.29. The van der Waals surface area contributed by atoms with E-state index >= 15 is 0 Å². The van der Waals surface area contributed by atoms with Crippen molar-refractivity contribution in [3.63, 3.8) is 0 Å². The Morgan fingerprint density at radius 2 is 1.80 bits per heavy atom. The van der Waals surface area contributed by atoms with Crippen LogP contribution in [0.4, 0.5) is 17.6 Å². The predicted octanol–water partition coefficient (Wildman–Crippen LogP) is 3.35. The Morgan fingerprint density at radius 1 is 1.05 bits per heavy atom. The first-order valence-electron chi connectivity index (χ1n) is 14.0. The molecule has 40 heavy (non-hydrogen) atoms. The molecule has 12 heteroatoms. The van der Waals surface area contributed by atoms with E-state index in [1.54, 1.807) is 10.5 Å². The second-order valence-corrected chi connectivity index (χ2v) is 13.0. The third-order valence-electron chi connectivity index (χ3n) is 7.93. The summed E-state index contributed by atoms with van der Waals surface area (Å²) in [5, 5.41) is 10.5. The number of hydrogen-bond donors (Lipinski definition) is 3. The van der Waals surface area contributed by atoms with Crippen LogP contribution in [0.2, 0.25) is 0 Å². The topological polar surface area (TPSA) is 142 Å². The largest absolute Gasteiger partial charge is 0.379 e. The molecule has 0 radical (unpaired) electrons. The molecule has 0 spiro atoms. The van der Waals surface area contributed by atoms with Gasteiger partial charge in [0.05, 0.1) is 19.0 Å². The van der Waals surface area contributed by atoms with E-state index in [1.807, 2.05) is 13.0 Å². The van der Waals surface area contributed by atoms with Gasteiger partial charge in [0.15, 0.2) is 5.82 Å². The highest BCUT2D eigenvalue weighted by Crippen LogP contribution is 2.37. The predicted molar refractivity (Wildman–Crippen MR) is 157 cm³/mol. The van der Waals surface area contributed by atoms with Gasteiger partial charge in [-0.15, -0.1) is 0 Å². The van der Waals surface area contributed by atoms with Gasteiger partial charge in [0.25, 0.3) is 0 Å². The summed E-state index contributed by atoms with van der Waals surface area (Å²) < 4.78 is 33.1. The van der Waals surface area contributed by atoms with Crippen LogP contribution < -0.4 is 11.1 Å². The standard InChI is InChI=1S/C28H40N8O3S/c1-19-16-24(25-18-30-28(29)32-27(25)31-26-17-21(3)33-34-26)20(2)15-23(19)22-5-8-36(9-6-22)40(37,38)14-4-7-35-10-12-39-13-11-35/h15-18,22H,4-14H2,1-3H3,(H4,29,30,31,32,33,34). The van der Waals surface area contributed by atoms with Crippen LogP contribution in [0, 0.1) is 20.8 Å². The van der Waals surface area contributed by atoms with Crippen LogP contribution in [0.1, 0.15) is 47.6 Å². The van der Waals surface area contributed by atoms with Gasteiger partial charge in [0.1, 0.15) is 5.82 Å². The van der Waals surface area contributed by atoms with Gasteiger partial charge in [0, 0.05) is 49.7 Å². The number of aromatic nitrogens is 4. The molecule has 2 aliphatic heterocycles. The lowest BCUT2D eigenvalue weighted by Gasteiger charge is -2.33. The number of ether oxygens (including phenoxy) is 1. The van der Waals surface area contributed by atoms with Gasteiger partial charge in [-0.1, -0.05) is 12.1 Å². The number of rotatable bonds is 9. The Labute approximate surface area is 236 Å². The molecule has 4 heterocycles. The van der Waals surface area contributed by atoms with Crippen molar-refractivity contribution in [3.8, 4) is 11.1 Å². The highest BCUT2D eigenvalue weighted by molar-refractivity contribution is 7.89. The maximum atomic E-state index is 13.0. The van der Waals surface area contributed by atoms with E-state index in [0.29, 0.717) is 37.1 Å². The van der Waals surface area contributed by atoms with E-state index in [9.17, 15) is 8.42 Å². The zero-order valence-corrected chi connectivity index (χ0v) is 24.4. The molecule has 2 fully saturated rings. The number of anilines is 3. The Hall–Kier alpha value is -3.06. The van der Waals surface area contributed by atoms with Crippen LogP contribution in [0.25, 0.3) is 11.1 Å². The molecule has 1 aromatic carbocycles. The molecule has 0 saturated carbocycles. The Bertz CT molecular complexity index is 1430. The molecule has 5 rings (SSSR count). The molecule has 0 amide bonds. The second kappa shape index (κ2) is 12.2. The molecule has 11 nitrogen and oxygen atoms in total. The lowest BCUT2D eigenvalue weighted by Crippen LogP contribution is -2.41. The van der Waals surface area contributed by atoms with Crippen LogP contribution in [0.3, 0.4) is 0 Å². The number of sulfonamides is 1. The second-order valence-electron chi connectivity index (χ2n) is 10.9. The van der Waals surface area contributed by atoms with Crippen molar-refractivity contribution >= 4 is 27.6 Å². The van der Waals surface area contributed by atoms with Gasteiger partial charge in [-0.05, 0) is 74.8 Å². The summed E-state index contributed by atoms with van der Waals surface area (Å²) in [6.45, 7) is 11.3. The van der Waals surface area contributed by atoms with Crippen molar-refractivity contribution in [3.05, 3.63) is 46.8 Å². The van der Waals surface area contributed by atoms with Crippen molar-refractivity contribution in [2.24, 2.45) is 0 Å². The van der Waals surface area contributed by atoms with Gasteiger partial charge >= 0.3 is 0 Å². The Morgan fingerprint density at radius 3 is 2.50 bits per heavy atom. The number of aryl methyl sites for hydroxylation is 3. The van der Waals surface area contributed by atoms with E-state index in [0.717, 1.165) is 68.1 Å². The number of aromatic amines is 1. The van der Waals surface area contributed by atoms with E-state index in [1.165, 1.54) is 11.1 Å². The third kappa shape index (κ3) is 6.63. The van der Waals surface area contributed by atoms with E-state index < -0.39 is 10.0 Å². The van der Waals surface area contributed by atoms with Crippen LogP contribution >= 0.6 is 0 Å². The number of H-pyrrole nitrogens is 1. The Balaban J connectivity index is 1.25. The first kappa shape index (κ1) is 28.5. The summed E-state index contributed by atoms with van der Waals surface area (Å²) in [6, 6.07) is 6.32. The van der Waals surface area contributed by atoms with Crippen molar-refractivity contribution < 1.29 is 13.2 Å². The molecule has 0 aliphatic carbocycles.